The number of aromatic nitrogens is 2. The van der Waals surface area contributed by atoms with Crippen molar-refractivity contribution in [2.45, 2.75) is 6.61 Å². The van der Waals surface area contributed by atoms with Gasteiger partial charge in [0.05, 0.1) is 23.9 Å². The number of hydrogen-bond acceptors (Lipinski definition) is 3. The summed E-state index contributed by atoms with van der Waals surface area (Å²) in [5, 5.41) is 0. The Morgan fingerprint density at radius 3 is 3.06 bits per heavy atom. The molecular formula is C13H12N2O2. The third-order valence-corrected chi connectivity index (χ3v) is 2.61. The van der Waals surface area contributed by atoms with Gasteiger partial charge in [0.15, 0.2) is 11.6 Å². The number of fused-ring (bicyclic) bond motifs is 1. The van der Waals surface area contributed by atoms with Gasteiger partial charge in [-0.15, -0.1) is 0 Å². The summed E-state index contributed by atoms with van der Waals surface area (Å²) in [6.07, 6.45) is 1.64. The molecule has 3 aromatic rings. The van der Waals surface area contributed by atoms with Crippen LogP contribution < -0.4 is 0 Å². The van der Waals surface area contributed by atoms with Crippen LogP contribution in [0.3, 0.4) is 0 Å². The molecule has 0 saturated heterocycles. The molecule has 0 aliphatic heterocycles. The van der Waals surface area contributed by atoms with Crippen molar-refractivity contribution in [2.75, 3.05) is 7.11 Å². The number of benzene rings is 1. The maximum Gasteiger partial charge on any atom is 0.174 e. The molecule has 0 saturated carbocycles. The van der Waals surface area contributed by atoms with E-state index in [1.54, 1.807) is 13.4 Å². The largest absolute Gasteiger partial charge is 0.461 e. The lowest BCUT2D eigenvalue weighted by atomic mass is 10.2. The van der Waals surface area contributed by atoms with Crippen LogP contribution in [0.15, 0.2) is 41.0 Å². The van der Waals surface area contributed by atoms with Crippen LogP contribution in [0.25, 0.3) is 22.6 Å². The lowest BCUT2D eigenvalue weighted by Crippen LogP contribution is -1.86. The number of rotatable bonds is 3. The molecule has 1 aromatic carbocycles. The minimum Gasteiger partial charge on any atom is -0.461 e. The van der Waals surface area contributed by atoms with E-state index in [9.17, 15) is 0 Å². The molecule has 0 aliphatic rings. The minimum atomic E-state index is 0.602. The second kappa shape index (κ2) is 4.07. The van der Waals surface area contributed by atoms with Crippen LogP contribution in [0.2, 0.25) is 0 Å². The van der Waals surface area contributed by atoms with Gasteiger partial charge in [-0.2, -0.15) is 0 Å². The van der Waals surface area contributed by atoms with Crippen LogP contribution in [-0.2, 0) is 11.3 Å². The fraction of sp³-hybridized carbons (Fsp3) is 0.154. The van der Waals surface area contributed by atoms with Crippen molar-refractivity contribution in [3.8, 4) is 11.6 Å². The highest BCUT2D eigenvalue weighted by atomic mass is 16.5. The molecule has 0 spiro atoms. The van der Waals surface area contributed by atoms with Crippen LogP contribution in [-0.4, -0.2) is 17.1 Å². The fourth-order valence-electron chi connectivity index (χ4n) is 1.84. The van der Waals surface area contributed by atoms with Gasteiger partial charge >= 0.3 is 0 Å². The summed E-state index contributed by atoms with van der Waals surface area (Å²) < 4.78 is 10.4. The summed E-state index contributed by atoms with van der Waals surface area (Å²) in [5.74, 6) is 1.49. The molecule has 17 heavy (non-hydrogen) atoms. The molecule has 4 heteroatoms. The first kappa shape index (κ1) is 10.1. The second-order valence-corrected chi connectivity index (χ2v) is 3.85. The van der Waals surface area contributed by atoms with Crippen LogP contribution in [0, 0.1) is 0 Å². The third kappa shape index (κ3) is 1.83. The number of hydrogen-bond donors (Lipinski definition) is 1. The first-order valence-corrected chi connectivity index (χ1v) is 5.38. The Labute approximate surface area is 98.2 Å². The van der Waals surface area contributed by atoms with Crippen molar-refractivity contribution in [2.24, 2.45) is 0 Å². The molecular weight excluding hydrogens is 216 g/mol. The molecule has 2 aromatic heterocycles. The SMILES string of the molecule is COCc1ccc2nc(-c3ccco3)[nH]c2c1. The molecule has 3 rings (SSSR count). The van der Waals surface area contributed by atoms with E-state index in [1.807, 2.05) is 30.3 Å². The molecule has 0 atom stereocenters. The van der Waals surface area contributed by atoms with E-state index in [0.717, 1.165) is 28.2 Å². The van der Waals surface area contributed by atoms with Crippen molar-refractivity contribution in [1.82, 2.24) is 9.97 Å². The van der Waals surface area contributed by atoms with Gasteiger partial charge in [0, 0.05) is 7.11 Å². The van der Waals surface area contributed by atoms with E-state index in [1.165, 1.54) is 0 Å². The first-order chi connectivity index (χ1) is 8.36. The van der Waals surface area contributed by atoms with Crippen LogP contribution in [0.1, 0.15) is 5.56 Å². The summed E-state index contributed by atoms with van der Waals surface area (Å²) in [5.41, 5.74) is 3.04. The topological polar surface area (TPSA) is 51.1 Å². The van der Waals surface area contributed by atoms with Gasteiger partial charge in [-0.05, 0) is 29.8 Å². The zero-order valence-corrected chi connectivity index (χ0v) is 9.43. The zero-order chi connectivity index (χ0) is 11.7. The zero-order valence-electron chi connectivity index (χ0n) is 9.43. The molecule has 2 heterocycles. The second-order valence-electron chi connectivity index (χ2n) is 3.85. The quantitative estimate of drug-likeness (QED) is 0.749. The van der Waals surface area contributed by atoms with E-state index < -0.39 is 0 Å². The molecule has 0 bridgehead atoms. The average molecular weight is 228 g/mol. The molecule has 86 valence electrons. The van der Waals surface area contributed by atoms with Gasteiger partial charge < -0.3 is 14.1 Å². The normalized spacial score (nSPS) is 11.1. The Hall–Kier alpha value is -2.07. The molecule has 0 fully saturated rings. The number of nitrogens with one attached hydrogen (secondary N) is 1. The molecule has 4 nitrogen and oxygen atoms in total. The number of aromatic amines is 1. The Balaban J connectivity index is 2.07. The molecule has 0 unspecified atom stereocenters. The summed E-state index contributed by atoms with van der Waals surface area (Å²) in [7, 11) is 1.69. The maximum absolute atomic E-state index is 5.31. The Morgan fingerprint density at radius 1 is 1.35 bits per heavy atom. The number of furan rings is 1. The minimum absolute atomic E-state index is 0.602. The van der Waals surface area contributed by atoms with E-state index in [4.69, 9.17) is 9.15 Å². The highest BCUT2D eigenvalue weighted by molar-refractivity contribution is 5.79. The third-order valence-electron chi connectivity index (χ3n) is 2.61. The number of nitrogens with zero attached hydrogens (tertiary/aromatic N) is 1. The van der Waals surface area contributed by atoms with E-state index in [2.05, 4.69) is 9.97 Å². The van der Waals surface area contributed by atoms with E-state index >= 15 is 0 Å². The number of H-pyrrole nitrogens is 1. The summed E-state index contributed by atoms with van der Waals surface area (Å²) in [4.78, 5) is 7.70. The number of methoxy groups -OCH3 is 1. The van der Waals surface area contributed by atoms with Gasteiger partial charge in [0.1, 0.15) is 0 Å². The Morgan fingerprint density at radius 2 is 2.29 bits per heavy atom. The Kier molecular flexibility index (Phi) is 2.42. The highest BCUT2D eigenvalue weighted by Gasteiger charge is 2.07. The number of imidazole rings is 1. The Bertz CT molecular complexity index is 626. The maximum atomic E-state index is 5.31. The lowest BCUT2D eigenvalue weighted by molar-refractivity contribution is 0.185. The molecule has 0 aliphatic carbocycles. The lowest BCUT2D eigenvalue weighted by Gasteiger charge is -1.97. The van der Waals surface area contributed by atoms with Crippen LogP contribution in [0.5, 0.6) is 0 Å². The van der Waals surface area contributed by atoms with Crippen molar-refractivity contribution < 1.29 is 9.15 Å². The fourth-order valence-corrected chi connectivity index (χ4v) is 1.84. The standard InChI is InChI=1S/C13H12N2O2/c1-16-8-9-4-5-10-11(7-9)15-13(14-10)12-3-2-6-17-12/h2-7H,8H2,1H3,(H,14,15). The first-order valence-electron chi connectivity index (χ1n) is 5.38. The van der Waals surface area contributed by atoms with Crippen molar-refractivity contribution in [1.29, 1.82) is 0 Å². The number of ether oxygens (including phenoxy) is 1. The van der Waals surface area contributed by atoms with E-state index in [0.29, 0.717) is 6.61 Å². The van der Waals surface area contributed by atoms with Crippen molar-refractivity contribution >= 4 is 11.0 Å². The smallest absolute Gasteiger partial charge is 0.174 e. The highest BCUT2D eigenvalue weighted by Crippen LogP contribution is 2.21. The molecule has 1 N–H and O–H groups in total. The average Bonchev–Trinajstić information content (AvgIpc) is 2.97. The van der Waals surface area contributed by atoms with Crippen molar-refractivity contribution in [3.63, 3.8) is 0 Å². The molecule has 0 radical (unpaired) electrons. The van der Waals surface area contributed by atoms with Gasteiger partial charge in [0.25, 0.3) is 0 Å². The van der Waals surface area contributed by atoms with Crippen molar-refractivity contribution in [3.05, 3.63) is 42.2 Å². The predicted octanol–water partition coefficient (Wildman–Crippen LogP) is 2.97. The van der Waals surface area contributed by atoms with E-state index in [-0.39, 0.29) is 0 Å². The monoisotopic (exact) mass is 228 g/mol. The van der Waals surface area contributed by atoms with Gasteiger partial charge in [-0.3, -0.25) is 0 Å². The summed E-state index contributed by atoms with van der Waals surface area (Å²) >= 11 is 0. The van der Waals surface area contributed by atoms with Gasteiger partial charge in [0.2, 0.25) is 0 Å². The summed E-state index contributed by atoms with van der Waals surface area (Å²) in [6, 6.07) is 9.76. The van der Waals surface area contributed by atoms with Gasteiger partial charge in [-0.25, -0.2) is 4.98 Å². The molecule has 0 amide bonds. The van der Waals surface area contributed by atoms with Crippen LogP contribution in [0.4, 0.5) is 0 Å². The summed E-state index contributed by atoms with van der Waals surface area (Å²) in [6.45, 7) is 0.602. The van der Waals surface area contributed by atoms with Crippen LogP contribution >= 0.6 is 0 Å². The van der Waals surface area contributed by atoms with Gasteiger partial charge in [-0.1, -0.05) is 6.07 Å². The predicted molar refractivity (Wildman–Crippen MR) is 64.5 cm³/mol.